The normalized spacial score (nSPS) is 10.9. The molecule has 3 aromatic rings. The van der Waals surface area contributed by atoms with Crippen LogP contribution in [0.15, 0.2) is 36.9 Å². The van der Waals surface area contributed by atoms with Gasteiger partial charge in [-0.05, 0) is 18.6 Å². The van der Waals surface area contributed by atoms with Crippen LogP contribution in [0.3, 0.4) is 0 Å². The van der Waals surface area contributed by atoms with Gasteiger partial charge < -0.3 is 9.72 Å². The van der Waals surface area contributed by atoms with Crippen LogP contribution >= 0.6 is 11.6 Å². The van der Waals surface area contributed by atoms with Crippen LogP contribution in [-0.2, 0) is 6.42 Å². The molecule has 0 bridgehead atoms. The summed E-state index contributed by atoms with van der Waals surface area (Å²) in [5, 5.41) is 3.57. The Morgan fingerprint density at radius 1 is 1.30 bits per heavy atom. The van der Waals surface area contributed by atoms with Crippen molar-refractivity contribution in [3.05, 3.63) is 53.3 Å². The molecule has 0 aliphatic rings. The number of halogens is 1. The summed E-state index contributed by atoms with van der Waals surface area (Å²) in [6.07, 6.45) is 8.04. The third kappa shape index (κ3) is 2.72. The molecule has 0 atom stereocenters. The number of nitrogens with zero attached hydrogens (tertiary/aromatic N) is 4. The zero-order chi connectivity index (χ0) is 13.9. The lowest BCUT2D eigenvalue weighted by Crippen LogP contribution is -2.06. The molecule has 0 saturated heterocycles. The molecular weight excluding hydrogens is 274 g/mol. The van der Waals surface area contributed by atoms with E-state index in [-0.39, 0.29) is 0 Å². The van der Waals surface area contributed by atoms with Crippen LogP contribution in [-0.4, -0.2) is 25.9 Å². The highest BCUT2D eigenvalue weighted by Crippen LogP contribution is 2.11. The number of hydrogen-bond donors (Lipinski definition) is 1. The molecule has 3 heterocycles. The highest BCUT2D eigenvalue weighted by Gasteiger charge is 2.03. The average Bonchev–Trinajstić information content (AvgIpc) is 2.83. The molecule has 0 saturated carbocycles. The maximum absolute atomic E-state index is 5.78. The number of rotatable bonds is 4. The van der Waals surface area contributed by atoms with Crippen LogP contribution in [0.4, 0.5) is 5.82 Å². The monoisotopic (exact) mass is 287 g/mol. The van der Waals surface area contributed by atoms with Gasteiger partial charge >= 0.3 is 0 Å². The minimum absolute atomic E-state index is 0.387. The van der Waals surface area contributed by atoms with Gasteiger partial charge in [-0.2, -0.15) is 0 Å². The smallest absolute Gasteiger partial charge is 0.149 e. The predicted octanol–water partition coefficient (Wildman–Crippen LogP) is 2.74. The molecule has 0 aliphatic heterocycles. The van der Waals surface area contributed by atoms with Gasteiger partial charge in [-0.15, -0.1) is 0 Å². The topological polar surface area (TPSA) is 55.1 Å². The lowest BCUT2D eigenvalue weighted by atomic mass is 10.3. The lowest BCUT2D eigenvalue weighted by molar-refractivity contribution is 0.966. The zero-order valence-corrected chi connectivity index (χ0v) is 11.8. The van der Waals surface area contributed by atoms with Gasteiger partial charge in [-0.25, -0.2) is 9.97 Å². The molecule has 6 heteroatoms. The molecule has 102 valence electrons. The van der Waals surface area contributed by atoms with Gasteiger partial charge in [0, 0.05) is 25.4 Å². The van der Waals surface area contributed by atoms with Crippen LogP contribution < -0.4 is 5.32 Å². The van der Waals surface area contributed by atoms with Gasteiger partial charge in [0.25, 0.3) is 0 Å². The molecule has 20 heavy (non-hydrogen) atoms. The van der Waals surface area contributed by atoms with E-state index in [2.05, 4.69) is 33.3 Å². The number of aromatic nitrogens is 4. The first-order valence-corrected chi connectivity index (χ1v) is 6.75. The molecule has 3 rings (SSSR count). The highest BCUT2D eigenvalue weighted by atomic mass is 35.5. The molecular formula is C14H14ClN5. The van der Waals surface area contributed by atoms with E-state index in [1.807, 2.05) is 22.9 Å². The first-order valence-electron chi connectivity index (χ1n) is 6.37. The Bertz CT molecular complexity index is 737. The summed E-state index contributed by atoms with van der Waals surface area (Å²) in [5.74, 6) is 0.678. The summed E-state index contributed by atoms with van der Waals surface area (Å²) in [6.45, 7) is 2.80. The third-order valence-electron chi connectivity index (χ3n) is 3.02. The number of hydrogen-bond acceptors (Lipinski definition) is 4. The second-order valence-electron chi connectivity index (χ2n) is 4.56. The zero-order valence-electron chi connectivity index (χ0n) is 11.0. The van der Waals surface area contributed by atoms with Crippen molar-refractivity contribution in [1.82, 2.24) is 19.4 Å². The van der Waals surface area contributed by atoms with E-state index in [9.17, 15) is 0 Å². The van der Waals surface area contributed by atoms with Gasteiger partial charge in [0.15, 0.2) is 0 Å². The molecule has 0 aromatic carbocycles. The second-order valence-corrected chi connectivity index (χ2v) is 4.95. The fourth-order valence-electron chi connectivity index (χ4n) is 2.07. The molecule has 0 aliphatic carbocycles. The van der Waals surface area contributed by atoms with Crippen molar-refractivity contribution in [2.75, 3.05) is 11.9 Å². The highest BCUT2D eigenvalue weighted by molar-refractivity contribution is 6.29. The third-order valence-corrected chi connectivity index (χ3v) is 3.20. The predicted molar refractivity (Wildman–Crippen MR) is 79.2 cm³/mol. The van der Waals surface area contributed by atoms with E-state index in [4.69, 9.17) is 11.6 Å². The van der Waals surface area contributed by atoms with Gasteiger partial charge in [-0.1, -0.05) is 17.7 Å². The number of fused-ring (bicyclic) bond motifs is 1. The standard InChI is InChI=1S/C14H14ClN5/c1-10-3-2-6-20-9-11(18-14(10)20)4-5-17-13-8-16-7-12(15)19-13/h2-3,6-9H,4-5H2,1H3,(H,17,19). The van der Waals surface area contributed by atoms with Crippen molar-refractivity contribution in [3.8, 4) is 0 Å². The minimum Gasteiger partial charge on any atom is -0.368 e. The minimum atomic E-state index is 0.387. The summed E-state index contributed by atoms with van der Waals surface area (Å²) < 4.78 is 2.05. The molecule has 0 fully saturated rings. The van der Waals surface area contributed by atoms with Crippen LogP contribution in [0, 0.1) is 6.92 Å². The van der Waals surface area contributed by atoms with Crippen molar-refractivity contribution < 1.29 is 0 Å². The Kier molecular flexibility index (Phi) is 3.52. The Morgan fingerprint density at radius 2 is 2.20 bits per heavy atom. The summed E-state index contributed by atoms with van der Waals surface area (Å²) in [7, 11) is 0. The van der Waals surface area contributed by atoms with E-state index in [0.29, 0.717) is 11.0 Å². The Hall–Kier alpha value is -2.14. The van der Waals surface area contributed by atoms with Gasteiger partial charge in [0.2, 0.25) is 0 Å². The molecule has 5 nitrogen and oxygen atoms in total. The second kappa shape index (κ2) is 5.46. The first-order chi connectivity index (χ1) is 9.72. The summed E-state index contributed by atoms with van der Waals surface area (Å²) >= 11 is 5.78. The van der Waals surface area contributed by atoms with Crippen molar-refractivity contribution in [3.63, 3.8) is 0 Å². The van der Waals surface area contributed by atoms with E-state index < -0.39 is 0 Å². The number of imidazole rings is 1. The Balaban J connectivity index is 1.67. The van der Waals surface area contributed by atoms with Crippen LogP contribution in [0.25, 0.3) is 5.65 Å². The van der Waals surface area contributed by atoms with Gasteiger partial charge in [-0.3, -0.25) is 4.98 Å². The quantitative estimate of drug-likeness (QED) is 0.802. The summed E-state index contributed by atoms with van der Waals surface area (Å²) in [4.78, 5) is 12.7. The largest absolute Gasteiger partial charge is 0.368 e. The van der Waals surface area contributed by atoms with Gasteiger partial charge in [0.05, 0.1) is 18.1 Å². The molecule has 0 spiro atoms. The molecule has 0 unspecified atom stereocenters. The molecule has 0 amide bonds. The lowest BCUT2D eigenvalue weighted by Gasteiger charge is -2.03. The number of pyridine rings is 1. The molecule has 0 radical (unpaired) electrons. The average molecular weight is 288 g/mol. The number of aryl methyl sites for hydroxylation is 1. The molecule has 3 aromatic heterocycles. The van der Waals surface area contributed by atoms with E-state index in [1.54, 1.807) is 6.20 Å². The fraction of sp³-hybridized carbons (Fsp3) is 0.214. The summed E-state index contributed by atoms with van der Waals surface area (Å²) in [6, 6.07) is 4.08. The van der Waals surface area contributed by atoms with E-state index in [0.717, 1.165) is 24.3 Å². The Labute approximate surface area is 121 Å². The Morgan fingerprint density at radius 3 is 3.00 bits per heavy atom. The van der Waals surface area contributed by atoms with Crippen molar-refractivity contribution >= 4 is 23.1 Å². The van der Waals surface area contributed by atoms with Crippen molar-refractivity contribution in [1.29, 1.82) is 0 Å². The maximum atomic E-state index is 5.78. The SMILES string of the molecule is Cc1cccn2cc(CCNc3cncc(Cl)n3)nc12. The van der Waals surface area contributed by atoms with E-state index in [1.165, 1.54) is 11.8 Å². The van der Waals surface area contributed by atoms with Crippen LogP contribution in [0.2, 0.25) is 5.15 Å². The van der Waals surface area contributed by atoms with Crippen LogP contribution in [0.1, 0.15) is 11.3 Å². The number of nitrogens with one attached hydrogen (secondary N) is 1. The maximum Gasteiger partial charge on any atom is 0.149 e. The first kappa shape index (κ1) is 12.9. The van der Waals surface area contributed by atoms with Crippen molar-refractivity contribution in [2.24, 2.45) is 0 Å². The molecule has 1 N–H and O–H groups in total. The summed E-state index contributed by atoms with van der Waals surface area (Å²) in [5.41, 5.74) is 3.22. The van der Waals surface area contributed by atoms with Gasteiger partial charge in [0.1, 0.15) is 16.6 Å². The van der Waals surface area contributed by atoms with E-state index >= 15 is 0 Å². The van der Waals surface area contributed by atoms with Crippen molar-refractivity contribution in [2.45, 2.75) is 13.3 Å². The van der Waals surface area contributed by atoms with Crippen LogP contribution in [0.5, 0.6) is 0 Å². The number of anilines is 1. The fourth-order valence-corrected chi connectivity index (χ4v) is 2.22.